The zero-order valence-corrected chi connectivity index (χ0v) is 15.8. The molecule has 10 nitrogen and oxygen atoms in total. The van der Waals surface area contributed by atoms with Gasteiger partial charge in [-0.3, -0.25) is 19.3 Å². The molecule has 0 saturated heterocycles. The highest BCUT2D eigenvalue weighted by Gasteiger charge is 2.25. The van der Waals surface area contributed by atoms with Gasteiger partial charge in [0.15, 0.2) is 0 Å². The van der Waals surface area contributed by atoms with Gasteiger partial charge in [0.05, 0.1) is 35.9 Å². The average molecular weight is 388 g/mol. The minimum absolute atomic E-state index is 0.0311. The number of nitrogens with one attached hydrogen (secondary N) is 1. The van der Waals surface area contributed by atoms with Crippen molar-refractivity contribution in [3.63, 3.8) is 0 Å². The molecule has 0 bridgehead atoms. The smallest absolute Gasteiger partial charge is 0.233 e. The molecule has 3 aromatic rings. The lowest BCUT2D eigenvalue weighted by atomic mass is 10.1. The summed E-state index contributed by atoms with van der Waals surface area (Å²) in [5.74, 6) is 1.05. The Balaban J connectivity index is 1.41. The second-order valence-corrected chi connectivity index (χ2v) is 7.32. The normalized spacial score (nSPS) is 15.0. The van der Waals surface area contributed by atoms with Crippen LogP contribution in [0.5, 0.6) is 0 Å². The standard InChI is InChI=1S/C16H20N8O2S/c1-10-18-16(20-19-10)27-9-14(25)23-5-6-24-11(8-23)7-12(21-24)15(26)13-3-4-17-22(13)2/h3-4,7,15,26H,5-6,8-9H2,1-2H3,(H,18,19,20)/t15-/m0/s1. The number of aromatic nitrogens is 7. The van der Waals surface area contributed by atoms with E-state index < -0.39 is 6.10 Å². The predicted octanol–water partition coefficient (Wildman–Crippen LogP) is 0.259. The molecule has 1 atom stereocenters. The Morgan fingerprint density at radius 2 is 2.30 bits per heavy atom. The lowest BCUT2D eigenvalue weighted by Crippen LogP contribution is -2.39. The van der Waals surface area contributed by atoms with E-state index in [9.17, 15) is 9.90 Å². The number of aryl methyl sites for hydroxylation is 2. The first-order valence-electron chi connectivity index (χ1n) is 8.53. The van der Waals surface area contributed by atoms with Crippen LogP contribution in [0.25, 0.3) is 0 Å². The van der Waals surface area contributed by atoms with Gasteiger partial charge in [-0.15, -0.1) is 5.10 Å². The van der Waals surface area contributed by atoms with E-state index in [0.717, 1.165) is 11.5 Å². The third-order valence-electron chi connectivity index (χ3n) is 4.49. The van der Waals surface area contributed by atoms with Gasteiger partial charge in [-0.2, -0.15) is 10.2 Å². The summed E-state index contributed by atoms with van der Waals surface area (Å²) >= 11 is 1.32. The number of aliphatic hydroxyl groups excluding tert-OH is 1. The fraction of sp³-hybridized carbons (Fsp3) is 0.438. The van der Waals surface area contributed by atoms with Crippen molar-refractivity contribution < 1.29 is 9.90 Å². The fourth-order valence-corrected chi connectivity index (χ4v) is 3.79. The maximum atomic E-state index is 12.5. The van der Waals surface area contributed by atoms with Gasteiger partial charge in [0.2, 0.25) is 11.1 Å². The first-order chi connectivity index (χ1) is 13.0. The van der Waals surface area contributed by atoms with Gasteiger partial charge < -0.3 is 10.0 Å². The fourth-order valence-electron chi connectivity index (χ4n) is 3.04. The number of aromatic amines is 1. The second-order valence-electron chi connectivity index (χ2n) is 6.37. The minimum atomic E-state index is -0.843. The third kappa shape index (κ3) is 3.60. The van der Waals surface area contributed by atoms with E-state index in [2.05, 4.69) is 25.4 Å². The van der Waals surface area contributed by atoms with Gasteiger partial charge in [0.1, 0.15) is 11.9 Å². The summed E-state index contributed by atoms with van der Waals surface area (Å²) in [6, 6.07) is 3.61. The number of aliphatic hydroxyl groups is 1. The van der Waals surface area contributed by atoms with Crippen molar-refractivity contribution in [2.24, 2.45) is 7.05 Å². The molecule has 142 valence electrons. The van der Waals surface area contributed by atoms with Crippen molar-refractivity contribution >= 4 is 17.7 Å². The number of rotatable bonds is 5. The Hall–Kier alpha value is -2.66. The highest BCUT2D eigenvalue weighted by molar-refractivity contribution is 7.99. The summed E-state index contributed by atoms with van der Waals surface area (Å²) in [6.07, 6.45) is 0.798. The van der Waals surface area contributed by atoms with E-state index in [-0.39, 0.29) is 11.7 Å². The largest absolute Gasteiger partial charge is 0.380 e. The number of H-pyrrole nitrogens is 1. The molecule has 1 aliphatic heterocycles. The van der Waals surface area contributed by atoms with Crippen LogP contribution in [0.15, 0.2) is 23.5 Å². The van der Waals surface area contributed by atoms with E-state index in [4.69, 9.17) is 0 Å². The average Bonchev–Trinajstić information content (AvgIpc) is 3.37. The lowest BCUT2D eigenvalue weighted by molar-refractivity contribution is -0.129. The molecule has 11 heteroatoms. The monoisotopic (exact) mass is 388 g/mol. The Labute approximate surface area is 159 Å². The van der Waals surface area contributed by atoms with Crippen LogP contribution >= 0.6 is 11.8 Å². The zero-order valence-electron chi connectivity index (χ0n) is 15.0. The molecule has 1 amide bonds. The quantitative estimate of drug-likeness (QED) is 0.602. The molecule has 0 saturated carbocycles. The second kappa shape index (κ2) is 7.16. The van der Waals surface area contributed by atoms with Crippen LogP contribution in [0, 0.1) is 6.92 Å². The van der Waals surface area contributed by atoms with Gasteiger partial charge >= 0.3 is 0 Å². The number of carbonyl (C=O) groups is 1. The molecule has 3 aromatic heterocycles. The molecular weight excluding hydrogens is 368 g/mol. The number of carbonyl (C=O) groups excluding carboxylic acids is 1. The third-order valence-corrected chi connectivity index (χ3v) is 5.32. The zero-order chi connectivity index (χ0) is 19.0. The van der Waals surface area contributed by atoms with E-state index in [1.807, 2.05) is 17.7 Å². The van der Waals surface area contributed by atoms with Crippen LogP contribution in [0.1, 0.15) is 29.0 Å². The Morgan fingerprint density at radius 1 is 1.44 bits per heavy atom. The Kier molecular flexibility index (Phi) is 4.70. The highest BCUT2D eigenvalue weighted by Crippen LogP contribution is 2.24. The maximum absolute atomic E-state index is 12.5. The summed E-state index contributed by atoms with van der Waals surface area (Å²) in [5, 5.41) is 26.5. The molecule has 1 aliphatic rings. The number of hydrogen-bond acceptors (Lipinski definition) is 7. The summed E-state index contributed by atoms with van der Waals surface area (Å²) in [6.45, 7) is 3.48. The van der Waals surface area contributed by atoms with Crippen LogP contribution in [0.2, 0.25) is 0 Å². The van der Waals surface area contributed by atoms with Gasteiger partial charge in [-0.1, -0.05) is 11.8 Å². The molecule has 2 N–H and O–H groups in total. The van der Waals surface area contributed by atoms with Crippen molar-refractivity contribution in [1.29, 1.82) is 0 Å². The Bertz CT molecular complexity index is 961. The summed E-state index contributed by atoms with van der Waals surface area (Å²) in [4.78, 5) is 18.5. The number of fused-ring (bicyclic) bond motifs is 1. The molecule has 0 spiro atoms. The van der Waals surface area contributed by atoms with Crippen molar-refractivity contribution in [3.8, 4) is 0 Å². The lowest BCUT2D eigenvalue weighted by Gasteiger charge is -2.27. The molecule has 0 aliphatic carbocycles. The van der Waals surface area contributed by atoms with Crippen LogP contribution in [0.3, 0.4) is 0 Å². The number of hydrogen-bond donors (Lipinski definition) is 2. The van der Waals surface area contributed by atoms with Gasteiger partial charge in [0, 0.05) is 19.8 Å². The first kappa shape index (κ1) is 17.7. The molecule has 27 heavy (non-hydrogen) atoms. The molecule has 0 aromatic carbocycles. The van der Waals surface area contributed by atoms with E-state index in [1.165, 1.54) is 11.8 Å². The summed E-state index contributed by atoms with van der Waals surface area (Å²) in [5.41, 5.74) is 2.15. The van der Waals surface area contributed by atoms with Crippen LogP contribution in [-0.2, 0) is 24.9 Å². The molecule has 4 rings (SSSR count). The molecule has 4 heterocycles. The Morgan fingerprint density at radius 3 is 3.00 bits per heavy atom. The van der Waals surface area contributed by atoms with Gasteiger partial charge in [0.25, 0.3) is 0 Å². The van der Waals surface area contributed by atoms with E-state index in [0.29, 0.717) is 36.2 Å². The van der Waals surface area contributed by atoms with Gasteiger partial charge in [-0.05, 0) is 19.1 Å². The van der Waals surface area contributed by atoms with E-state index in [1.54, 1.807) is 28.9 Å². The predicted molar refractivity (Wildman–Crippen MR) is 96.8 cm³/mol. The van der Waals surface area contributed by atoms with Crippen LogP contribution in [0.4, 0.5) is 0 Å². The number of amides is 1. The van der Waals surface area contributed by atoms with Gasteiger partial charge in [-0.25, -0.2) is 4.98 Å². The van der Waals surface area contributed by atoms with E-state index >= 15 is 0 Å². The number of thioether (sulfide) groups is 1. The molecule has 0 fully saturated rings. The molecular formula is C16H20N8O2S. The van der Waals surface area contributed by atoms with Crippen molar-refractivity contribution in [3.05, 3.63) is 41.2 Å². The summed E-state index contributed by atoms with van der Waals surface area (Å²) in [7, 11) is 1.78. The van der Waals surface area contributed by atoms with Crippen molar-refractivity contribution in [2.75, 3.05) is 12.3 Å². The topological polar surface area (TPSA) is 118 Å². The number of nitrogens with zero attached hydrogens (tertiary/aromatic N) is 7. The highest BCUT2D eigenvalue weighted by atomic mass is 32.2. The molecule has 0 radical (unpaired) electrons. The van der Waals surface area contributed by atoms with Crippen LogP contribution < -0.4 is 0 Å². The minimum Gasteiger partial charge on any atom is -0.380 e. The summed E-state index contributed by atoms with van der Waals surface area (Å²) < 4.78 is 3.48. The van der Waals surface area contributed by atoms with Crippen molar-refractivity contribution in [2.45, 2.75) is 31.3 Å². The van der Waals surface area contributed by atoms with Crippen molar-refractivity contribution in [1.82, 2.24) is 39.6 Å². The van der Waals surface area contributed by atoms with Crippen LogP contribution in [-0.4, -0.2) is 63.0 Å². The first-order valence-corrected chi connectivity index (χ1v) is 9.52. The maximum Gasteiger partial charge on any atom is 0.233 e. The molecule has 0 unspecified atom stereocenters. The SMILES string of the molecule is Cc1nc(SCC(=O)N2CCn3nc([C@H](O)c4ccnn4C)cc3C2)n[nH]1.